The van der Waals surface area contributed by atoms with Gasteiger partial charge in [-0.05, 0) is 24.1 Å². The van der Waals surface area contributed by atoms with E-state index in [9.17, 15) is 4.39 Å². The van der Waals surface area contributed by atoms with Crippen molar-refractivity contribution >= 4 is 5.96 Å². The summed E-state index contributed by atoms with van der Waals surface area (Å²) in [6, 6.07) is 6.98. The second-order valence-electron chi connectivity index (χ2n) is 2.72. The van der Waals surface area contributed by atoms with Crippen molar-refractivity contribution in [2.75, 3.05) is 13.7 Å². The molecule has 0 bridgehead atoms. The van der Waals surface area contributed by atoms with Crippen molar-refractivity contribution in [2.45, 2.75) is 6.42 Å². The average molecular weight is 213 g/mol. The van der Waals surface area contributed by atoms with Gasteiger partial charge in [-0.1, -0.05) is 12.1 Å². The molecule has 0 atom stereocenters. The van der Waals surface area contributed by atoms with Gasteiger partial charge < -0.3 is 16.6 Å². The maximum Gasteiger partial charge on any atom is 0.185 e. The van der Waals surface area contributed by atoms with Gasteiger partial charge in [0, 0.05) is 6.54 Å². The van der Waals surface area contributed by atoms with Crippen LogP contribution in [0.2, 0.25) is 0 Å². The smallest absolute Gasteiger partial charge is 0.185 e. The summed E-state index contributed by atoms with van der Waals surface area (Å²) < 4.78 is 9.50. The summed E-state index contributed by atoms with van der Waals surface area (Å²) in [5, 5.41) is 9.00. The first-order valence-electron chi connectivity index (χ1n) is 4.39. The van der Waals surface area contributed by atoms with Crippen molar-refractivity contribution in [1.29, 1.82) is 0 Å². The molecule has 15 heavy (non-hydrogen) atoms. The molecule has 0 radical (unpaired) electrons. The van der Waals surface area contributed by atoms with Gasteiger partial charge in [0.1, 0.15) is 5.75 Å². The normalized spacial score (nSPS) is 8.67. The molecular weight excluding hydrogens is 197 g/mol. The molecule has 5 heteroatoms. The number of rotatable bonds is 3. The van der Waals surface area contributed by atoms with Gasteiger partial charge in [0.25, 0.3) is 0 Å². The average Bonchev–Trinajstić information content (AvgIpc) is 2.23. The van der Waals surface area contributed by atoms with Gasteiger partial charge in [-0.15, -0.1) is 0 Å². The van der Waals surface area contributed by atoms with Crippen molar-refractivity contribution in [3.8, 4) is 5.75 Å². The Hall–Kier alpha value is -1.78. The number of alkyl halides is 1. The lowest BCUT2D eigenvalue weighted by molar-refractivity contribution is 0.475. The Morgan fingerprint density at radius 3 is 2.27 bits per heavy atom. The molecule has 5 N–H and O–H groups in total. The Kier molecular flexibility index (Phi) is 6.70. The van der Waals surface area contributed by atoms with Gasteiger partial charge in [-0.3, -0.25) is 9.38 Å². The number of guanidine groups is 1. The molecule has 0 heterocycles. The first-order valence-corrected chi connectivity index (χ1v) is 4.39. The lowest BCUT2D eigenvalue weighted by Crippen LogP contribution is -2.23. The zero-order valence-electron chi connectivity index (χ0n) is 8.65. The zero-order chi connectivity index (χ0) is 11.7. The van der Waals surface area contributed by atoms with Crippen LogP contribution < -0.4 is 11.5 Å². The van der Waals surface area contributed by atoms with Crippen LogP contribution in [0.4, 0.5) is 4.39 Å². The van der Waals surface area contributed by atoms with Crippen LogP contribution in [0.25, 0.3) is 0 Å². The van der Waals surface area contributed by atoms with E-state index >= 15 is 0 Å². The lowest BCUT2D eigenvalue weighted by atomic mass is 10.1. The molecule has 0 aliphatic heterocycles. The minimum atomic E-state index is 0.110. The Morgan fingerprint density at radius 2 is 1.80 bits per heavy atom. The number of hydrogen-bond acceptors (Lipinski definition) is 2. The number of phenolic OH excluding ortho intramolecular Hbond substituents is 1. The second-order valence-corrected chi connectivity index (χ2v) is 2.72. The SMILES string of the molecule is CF.NC(N)=NCCc1ccc(O)cc1. The molecule has 0 fully saturated rings. The largest absolute Gasteiger partial charge is 0.508 e. The van der Waals surface area contributed by atoms with E-state index in [1.807, 2.05) is 12.1 Å². The Bertz CT molecular complexity index is 294. The molecule has 1 aromatic rings. The van der Waals surface area contributed by atoms with E-state index in [-0.39, 0.29) is 11.7 Å². The Morgan fingerprint density at radius 1 is 1.27 bits per heavy atom. The topological polar surface area (TPSA) is 84.6 Å². The molecule has 0 amide bonds. The van der Waals surface area contributed by atoms with E-state index in [4.69, 9.17) is 16.6 Å². The molecule has 4 nitrogen and oxygen atoms in total. The van der Waals surface area contributed by atoms with E-state index in [1.165, 1.54) is 0 Å². The number of nitrogens with two attached hydrogens (primary N) is 2. The lowest BCUT2D eigenvalue weighted by Gasteiger charge is -1.98. The van der Waals surface area contributed by atoms with E-state index in [1.54, 1.807) is 12.1 Å². The number of nitrogens with zero attached hydrogens (tertiary/aromatic N) is 1. The number of phenols is 1. The molecule has 84 valence electrons. The number of hydrogen-bond donors (Lipinski definition) is 3. The molecule has 0 aliphatic rings. The van der Waals surface area contributed by atoms with Crippen LogP contribution in [0.1, 0.15) is 5.56 Å². The Labute approximate surface area is 88.4 Å². The molecule has 1 aromatic carbocycles. The van der Waals surface area contributed by atoms with E-state index < -0.39 is 0 Å². The molecule has 1 rings (SSSR count). The molecule has 0 saturated heterocycles. The highest BCUT2D eigenvalue weighted by Crippen LogP contribution is 2.09. The third kappa shape index (κ3) is 6.31. The van der Waals surface area contributed by atoms with Crippen molar-refractivity contribution < 1.29 is 9.50 Å². The van der Waals surface area contributed by atoms with Crippen molar-refractivity contribution in [3.05, 3.63) is 29.8 Å². The standard InChI is InChI=1S/C9H13N3O.CH3F/c10-9(11)12-6-5-7-1-3-8(13)4-2-7;1-2/h1-4,13H,5-6H2,(H4,10,11,12);1H3. The van der Waals surface area contributed by atoms with Gasteiger partial charge in [0.05, 0.1) is 7.18 Å². The van der Waals surface area contributed by atoms with Crippen LogP contribution in [0, 0.1) is 0 Å². The van der Waals surface area contributed by atoms with Crippen LogP contribution in [0.3, 0.4) is 0 Å². The summed E-state index contributed by atoms with van der Waals surface area (Å²) in [5.41, 5.74) is 11.4. The monoisotopic (exact) mass is 213 g/mol. The summed E-state index contributed by atoms with van der Waals surface area (Å²) in [5.74, 6) is 0.379. The van der Waals surface area contributed by atoms with Gasteiger partial charge in [0.15, 0.2) is 5.96 Å². The fourth-order valence-electron chi connectivity index (χ4n) is 0.977. The maximum absolute atomic E-state index is 9.50. The summed E-state index contributed by atoms with van der Waals surface area (Å²) >= 11 is 0. The number of halogens is 1. The van der Waals surface area contributed by atoms with Crippen LogP contribution >= 0.6 is 0 Å². The van der Waals surface area contributed by atoms with E-state index in [0.29, 0.717) is 13.7 Å². The molecule has 0 aromatic heterocycles. The summed E-state index contributed by atoms with van der Waals surface area (Å²) in [6.45, 7) is 0.576. The van der Waals surface area contributed by atoms with Crippen molar-refractivity contribution in [1.82, 2.24) is 0 Å². The fraction of sp³-hybridized carbons (Fsp3) is 0.300. The minimum Gasteiger partial charge on any atom is -0.508 e. The van der Waals surface area contributed by atoms with Crippen molar-refractivity contribution in [3.63, 3.8) is 0 Å². The van der Waals surface area contributed by atoms with Crippen LogP contribution in [0.15, 0.2) is 29.3 Å². The zero-order valence-corrected chi connectivity index (χ0v) is 8.65. The van der Waals surface area contributed by atoms with Crippen LogP contribution in [0.5, 0.6) is 5.75 Å². The highest BCUT2D eigenvalue weighted by Gasteiger charge is 1.92. The molecule has 0 spiro atoms. The highest BCUT2D eigenvalue weighted by molar-refractivity contribution is 5.75. The summed E-state index contributed by atoms with van der Waals surface area (Å²) in [7, 11) is 0.500. The number of aliphatic imine (C=N–C) groups is 1. The molecule has 0 aliphatic carbocycles. The minimum absolute atomic E-state index is 0.110. The maximum atomic E-state index is 9.50. The van der Waals surface area contributed by atoms with E-state index in [2.05, 4.69) is 4.99 Å². The first-order chi connectivity index (χ1) is 7.18. The van der Waals surface area contributed by atoms with Crippen LogP contribution in [-0.4, -0.2) is 24.8 Å². The second kappa shape index (κ2) is 7.61. The quantitative estimate of drug-likeness (QED) is 0.512. The summed E-state index contributed by atoms with van der Waals surface area (Å²) in [4.78, 5) is 3.85. The molecular formula is C10H16FN3O. The number of benzene rings is 1. The predicted molar refractivity (Wildman–Crippen MR) is 59.5 cm³/mol. The van der Waals surface area contributed by atoms with Crippen LogP contribution in [-0.2, 0) is 6.42 Å². The summed E-state index contributed by atoms with van der Waals surface area (Å²) in [6.07, 6.45) is 0.776. The molecule has 0 saturated carbocycles. The van der Waals surface area contributed by atoms with Gasteiger partial charge in [-0.2, -0.15) is 0 Å². The Balaban J connectivity index is 0.000000921. The first kappa shape index (κ1) is 13.2. The predicted octanol–water partition coefficient (Wildman–Crippen LogP) is 0.794. The van der Waals surface area contributed by atoms with Crippen molar-refractivity contribution in [2.24, 2.45) is 16.5 Å². The van der Waals surface area contributed by atoms with Gasteiger partial charge in [-0.25, -0.2) is 0 Å². The van der Waals surface area contributed by atoms with Gasteiger partial charge >= 0.3 is 0 Å². The third-order valence-corrected chi connectivity index (χ3v) is 1.63. The third-order valence-electron chi connectivity index (χ3n) is 1.63. The highest BCUT2D eigenvalue weighted by atomic mass is 19.1. The number of aromatic hydroxyl groups is 1. The molecule has 0 unspecified atom stereocenters. The van der Waals surface area contributed by atoms with Gasteiger partial charge in [0.2, 0.25) is 0 Å². The fourth-order valence-corrected chi connectivity index (χ4v) is 0.977. The van der Waals surface area contributed by atoms with E-state index in [0.717, 1.165) is 12.0 Å².